The maximum Gasteiger partial charge on any atom is 0.472 e. The van der Waals surface area contributed by atoms with Gasteiger partial charge in [-0.2, -0.15) is 0 Å². The lowest BCUT2D eigenvalue weighted by Gasteiger charge is -2.21. The average Bonchev–Trinajstić information content (AvgIpc) is 1.68. The van der Waals surface area contributed by atoms with Crippen molar-refractivity contribution in [1.29, 1.82) is 0 Å². The van der Waals surface area contributed by atoms with Crippen molar-refractivity contribution in [2.24, 2.45) is 17.8 Å². The topological polar surface area (TPSA) is 237 Å². The average molecular weight is 1380 g/mol. The first-order valence-electron chi connectivity index (χ1n) is 38.9. The number of hydrogen-bond donors (Lipinski definition) is 3. The minimum atomic E-state index is -4.96. The van der Waals surface area contributed by atoms with Crippen molar-refractivity contribution in [3.05, 3.63) is 0 Å². The zero-order valence-electron chi connectivity index (χ0n) is 61.4. The van der Waals surface area contributed by atoms with Crippen LogP contribution < -0.4 is 0 Å². The summed E-state index contributed by atoms with van der Waals surface area (Å²) in [5.41, 5.74) is 0. The molecule has 94 heavy (non-hydrogen) atoms. The van der Waals surface area contributed by atoms with Gasteiger partial charge >= 0.3 is 39.5 Å². The number of aliphatic hydroxyl groups is 1. The van der Waals surface area contributed by atoms with Gasteiger partial charge in [-0.15, -0.1) is 0 Å². The van der Waals surface area contributed by atoms with Gasteiger partial charge < -0.3 is 33.8 Å². The van der Waals surface area contributed by atoms with Crippen molar-refractivity contribution in [2.45, 2.75) is 401 Å². The second-order valence-corrected chi connectivity index (χ2v) is 30.9. The van der Waals surface area contributed by atoms with E-state index in [1.807, 2.05) is 0 Å². The summed E-state index contributed by atoms with van der Waals surface area (Å²) in [7, 11) is -9.91. The number of rotatable bonds is 73. The lowest BCUT2D eigenvalue weighted by Crippen LogP contribution is -2.30. The van der Waals surface area contributed by atoms with Gasteiger partial charge in [0.05, 0.1) is 26.4 Å². The first kappa shape index (κ1) is 92.1. The molecule has 558 valence electrons. The summed E-state index contributed by atoms with van der Waals surface area (Å²) in [6.07, 6.45) is 51.2. The van der Waals surface area contributed by atoms with Crippen LogP contribution in [-0.4, -0.2) is 96.7 Å². The van der Waals surface area contributed by atoms with Gasteiger partial charge in [-0.05, 0) is 43.4 Å². The highest BCUT2D eigenvalue weighted by molar-refractivity contribution is 7.47. The van der Waals surface area contributed by atoms with Gasteiger partial charge in [-0.25, -0.2) is 9.13 Å². The molecular weight excluding hydrogens is 1230 g/mol. The number of ether oxygens (including phenoxy) is 4. The molecule has 0 saturated carbocycles. The molecule has 3 N–H and O–H groups in total. The van der Waals surface area contributed by atoms with E-state index in [1.165, 1.54) is 186 Å². The van der Waals surface area contributed by atoms with E-state index in [9.17, 15) is 43.2 Å². The fraction of sp³-hybridized carbons (Fsp3) is 0.947. The molecule has 7 atom stereocenters. The summed E-state index contributed by atoms with van der Waals surface area (Å²) >= 11 is 0. The molecule has 0 saturated heterocycles. The van der Waals surface area contributed by atoms with Gasteiger partial charge in [-0.1, -0.05) is 331 Å². The fourth-order valence-corrected chi connectivity index (χ4v) is 12.9. The van der Waals surface area contributed by atoms with Crippen LogP contribution in [0.1, 0.15) is 382 Å². The van der Waals surface area contributed by atoms with Crippen molar-refractivity contribution in [2.75, 3.05) is 39.6 Å². The van der Waals surface area contributed by atoms with E-state index in [0.717, 1.165) is 114 Å². The van der Waals surface area contributed by atoms with Gasteiger partial charge in [0.1, 0.15) is 19.3 Å². The normalized spacial score (nSPS) is 14.7. The van der Waals surface area contributed by atoms with Gasteiger partial charge in [-0.3, -0.25) is 37.3 Å². The van der Waals surface area contributed by atoms with E-state index >= 15 is 0 Å². The number of phosphoric ester groups is 2. The third kappa shape index (κ3) is 66.0. The van der Waals surface area contributed by atoms with Gasteiger partial charge in [0.25, 0.3) is 0 Å². The molecule has 0 heterocycles. The van der Waals surface area contributed by atoms with Crippen molar-refractivity contribution in [1.82, 2.24) is 0 Å². The molecule has 0 aliphatic heterocycles. The molecule has 0 radical (unpaired) electrons. The molecule has 0 rings (SSSR count). The lowest BCUT2D eigenvalue weighted by molar-refractivity contribution is -0.161. The van der Waals surface area contributed by atoms with Gasteiger partial charge in [0.15, 0.2) is 12.2 Å². The van der Waals surface area contributed by atoms with Crippen molar-refractivity contribution in [3.63, 3.8) is 0 Å². The lowest BCUT2D eigenvalue weighted by atomic mass is 9.99. The highest BCUT2D eigenvalue weighted by Crippen LogP contribution is 2.45. The molecule has 17 nitrogen and oxygen atoms in total. The molecule has 0 aromatic carbocycles. The second-order valence-electron chi connectivity index (χ2n) is 28.0. The third-order valence-electron chi connectivity index (χ3n) is 18.1. The molecule has 0 aliphatic carbocycles. The van der Waals surface area contributed by atoms with E-state index in [0.29, 0.717) is 25.7 Å². The summed E-state index contributed by atoms with van der Waals surface area (Å²) in [6, 6.07) is 0. The Bertz CT molecular complexity index is 1840. The SMILES string of the molecule is CCCCCCCCCCC(=O)OC[C@H](COP(=O)(O)OC[C@H](O)COP(=O)(O)OC[C@@H](COC(=O)CCCCCCCCCCCCC(C)CC)OC(=O)CCCCCCCCCCCCCCCCCC(C)C)OC(=O)CCCCCCCCCCCCC(C)CC. The van der Waals surface area contributed by atoms with Crippen LogP contribution in [0.25, 0.3) is 0 Å². The van der Waals surface area contributed by atoms with Crippen LogP contribution in [0.4, 0.5) is 0 Å². The first-order chi connectivity index (χ1) is 45.3. The fourth-order valence-electron chi connectivity index (χ4n) is 11.4. The standard InChI is InChI=1S/C75H146O17P2/c1-8-11-12-13-14-35-42-49-56-72(77)85-62-70(91-75(80)59-52-45-38-31-25-23-28-34-41-48-55-68(7)10-3)64-89-93(81,82)87-60-69(76)61-88-94(83,84)90-65-71(63-86-73(78)57-50-43-36-29-24-22-27-33-40-47-54-67(6)9-2)92-74(79)58-51-44-37-30-21-19-17-15-16-18-20-26-32-39-46-53-66(4)5/h66-71,76H,8-65H2,1-7H3,(H,81,82)(H,83,84)/t67?,68?,69-,70+,71+/m0/s1. The minimum absolute atomic E-state index is 0.106. The Morgan fingerprint density at radius 1 is 0.309 bits per heavy atom. The third-order valence-corrected chi connectivity index (χ3v) is 20.0. The summed E-state index contributed by atoms with van der Waals surface area (Å²) in [6.45, 7) is 11.9. The molecule has 4 unspecified atom stereocenters. The van der Waals surface area contributed by atoms with Crippen LogP contribution in [-0.2, 0) is 65.4 Å². The Labute approximate surface area is 575 Å². The molecule has 0 aromatic rings. The maximum atomic E-state index is 13.1. The number of unbranched alkanes of at least 4 members (excludes halogenated alkanes) is 39. The number of carbonyl (C=O) groups excluding carboxylic acids is 4. The highest BCUT2D eigenvalue weighted by Gasteiger charge is 2.30. The van der Waals surface area contributed by atoms with Crippen LogP contribution in [0.3, 0.4) is 0 Å². The number of carbonyl (C=O) groups is 4. The number of phosphoric acid groups is 2. The van der Waals surface area contributed by atoms with Gasteiger partial charge in [0.2, 0.25) is 0 Å². The zero-order valence-corrected chi connectivity index (χ0v) is 63.2. The monoisotopic (exact) mass is 1380 g/mol. The Kier molecular flexibility index (Phi) is 64.3. The molecule has 0 aliphatic rings. The Balaban J connectivity index is 5.23. The first-order valence-corrected chi connectivity index (χ1v) is 41.9. The summed E-state index contributed by atoms with van der Waals surface area (Å²) in [5, 5.41) is 10.6. The van der Waals surface area contributed by atoms with E-state index in [1.54, 1.807) is 0 Å². The summed E-state index contributed by atoms with van der Waals surface area (Å²) < 4.78 is 68.4. The van der Waals surface area contributed by atoms with Crippen molar-refractivity contribution >= 4 is 39.5 Å². The van der Waals surface area contributed by atoms with E-state index in [-0.39, 0.29) is 25.7 Å². The van der Waals surface area contributed by atoms with Crippen molar-refractivity contribution < 1.29 is 80.2 Å². The Morgan fingerprint density at radius 2 is 0.543 bits per heavy atom. The van der Waals surface area contributed by atoms with E-state index < -0.39 is 97.5 Å². The molecule has 0 bridgehead atoms. The molecular formula is C75H146O17P2. The van der Waals surface area contributed by atoms with Crippen LogP contribution in [0.5, 0.6) is 0 Å². The van der Waals surface area contributed by atoms with Crippen LogP contribution in [0, 0.1) is 17.8 Å². The number of esters is 4. The minimum Gasteiger partial charge on any atom is -0.462 e. The largest absolute Gasteiger partial charge is 0.472 e. The van der Waals surface area contributed by atoms with Crippen LogP contribution in [0.2, 0.25) is 0 Å². The smallest absolute Gasteiger partial charge is 0.462 e. The Morgan fingerprint density at radius 3 is 0.809 bits per heavy atom. The summed E-state index contributed by atoms with van der Waals surface area (Å²) in [5.74, 6) is 0.294. The van der Waals surface area contributed by atoms with E-state index in [2.05, 4.69) is 48.5 Å². The predicted molar refractivity (Wildman–Crippen MR) is 381 cm³/mol. The molecule has 0 amide bonds. The predicted octanol–water partition coefficient (Wildman–Crippen LogP) is 21.8. The van der Waals surface area contributed by atoms with Crippen molar-refractivity contribution in [3.8, 4) is 0 Å². The highest BCUT2D eigenvalue weighted by atomic mass is 31.2. The summed E-state index contributed by atoms with van der Waals surface area (Å²) in [4.78, 5) is 72.7. The van der Waals surface area contributed by atoms with Crippen LogP contribution in [0.15, 0.2) is 0 Å². The number of aliphatic hydroxyl groups excluding tert-OH is 1. The molecule has 0 fully saturated rings. The quantitative estimate of drug-likeness (QED) is 0.0222. The maximum absolute atomic E-state index is 13.1. The molecule has 0 aromatic heterocycles. The Hall–Kier alpha value is -1.94. The number of hydrogen-bond acceptors (Lipinski definition) is 15. The molecule has 19 heteroatoms. The van der Waals surface area contributed by atoms with Crippen LogP contribution >= 0.6 is 15.6 Å². The van der Waals surface area contributed by atoms with E-state index in [4.69, 9.17) is 37.0 Å². The zero-order chi connectivity index (χ0) is 69.4. The van der Waals surface area contributed by atoms with Gasteiger partial charge in [0, 0.05) is 25.7 Å². The molecule has 0 spiro atoms. The second kappa shape index (κ2) is 65.7.